The molecule has 0 saturated carbocycles. The number of fused-ring (bicyclic) bond motifs is 6. The summed E-state index contributed by atoms with van der Waals surface area (Å²) in [5, 5.41) is 2.35. The highest BCUT2D eigenvalue weighted by atomic mass is 32.2. The number of carbonyl (C=O) groups is 3. The molecule has 0 spiro atoms. The fraction of sp³-hybridized carbons (Fsp3) is 0.346. The molecule has 80 heavy (non-hydrogen) atoms. The average Bonchev–Trinajstić information content (AvgIpc) is 3.62. The van der Waals surface area contributed by atoms with Crippen LogP contribution in [0.25, 0.3) is 21.5 Å². The van der Waals surface area contributed by atoms with Gasteiger partial charge in [-0.05, 0) is 111 Å². The number of carbonyl (C=O) groups excluding carboxylic acids is 3. The van der Waals surface area contributed by atoms with Gasteiger partial charge in [0.1, 0.15) is 47.0 Å². The third-order valence-electron chi connectivity index (χ3n) is 14.1. The first-order valence-corrected chi connectivity index (χ1v) is 31.8. The summed E-state index contributed by atoms with van der Waals surface area (Å²) in [6.45, 7) is 5.87. The molecule has 3 amide bonds. The van der Waals surface area contributed by atoms with Gasteiger partial charge in [-0.25, -0.2) is 42.1 Å². The largest absolute Gasteiger partial charge is 0.748 e. The monoisotopic (exact) mass is 1200 g/mol. The molecule has 0 aromatic heterocycles. The molecule has 3 heterocycles. The van der Waals surface area contributed by atoms with Crippen molar-refractivity contribution in [1.29, 1.82) is 0 Å². The molecule has 3 aliphatic rings. The summed E-state index contributed by atoms with van der Waals surface area (Å²) in [6, 6.07) is 8.78. The number of anilines is 1. The van der Waals surface area contributed by atoms with E-state index in [0.717, 1.165) is 29.2 Å². The van der Waals surface area contributed by atoms with E-state index in [2.05, 4.69) is 5.32 Å². The molecule has 0 saturated heterocycles. The Labute approximate surface area is 463 Å². The third kappa shape index (κ3) is 13.2. The van der Waals surface area contributed by atoms with Gasteiger partial charge in [0.2, 0.25) is 11.6 Å². The Bertz CT molecular complexity index is 4000. The number of methoxy groups -OCH3 is 1. The lowest BCUT2D eigenvalue weighted by molar-refractivity contribution is -0.438. The molecule has 1 N–H and O–H groups in total. The van der Waals surface area contributed by atoms with Gasteiger partial charge in [-0.15, -0.1) is 0 Å². The second-order valence-corrected chi connectivity index (χ2v) is 26.8. The van der Waals surface area contributed by atoms with Crippen LogP contribution in [-0.2, 0) is 80.5 Å². The molecule has 0 fully saturated rings. The van der Waals surface area contributed by atoms with Gasteiger partial charge in [0.15, 0.2) is 5.71 Å². The molecular formula is C52H54N4O19S5-4. The second kappa shape index (κ2) is 23.3. The van der Waals surface area contributed by atoms with Gasteiger partial charge in [-0.3, -0.25) is 19.3 Å². The van der Waals surface area contributed by atoms with Crippen LogP contribution in [0.15, 0.2) is 128 Å². The molecule has 7 rings (SSSR count). The Morgan fingerprint density at radius 3 is 1.77 bits per heavy atom. The van der Waals surface area contributed by atoms with Crippen LogP contribution in [-0.4, -0.2) is 143 Å². The van der Waals surface area contributed by atoms with Crippen molar-refractivity contribution in [2.75, 3.05) is 50.5 Å². The van der Waals surface area contributed by atoms with Crippen molar-refractivity contribution in [2.24, 2.45) is 0 Å². The summed E-state index contributed by atoms with van der Waals surface area (Å²) in [6.07, 6.45) is 15.2. The molecular weight excluding hydrogens is 1140 g/mol. The standard InChI is InChI=1S/C52H58N4O19S5/c1-51(2)44(54(25-12-8-11-16-46(57)53-24-26-56-47(58)21-22-48(56)59)40-19-17-36-38(49(40)51)30-34(77(63,64)65)32-42(36)79(69,70)71)14-9-6-5-7-10-15-45-52(3,23-13-29-76(60,61)62)50-39-31-35(78(66,67)68)33-43(80(72,73)74)37(39)18-20-41(50)55(45)27-28-75-4/h5-7,9-10,14-15,17-22,30-33H,8,11-13,16,23-29H2,1-4H3,(H5-,53,57,60,61,62,63,64,65,66,67,68,69,70,71,72,73,74)/p-4. The van der Waals surface area contributed by atoms with Gasteiger partial charge >= 0.3 is 0 Å². The first-order valence-electron chi connectivity index (χ1n) is 24.6. The maximum Gasteiger partial charge on any atom is 0.253 e. The molecule has 1 atom stereocenters. The summed E-state index contributed by atoms with van der Waals surface area (Å²) in [5.74, 6) is -2.04. The van der Waals surface area contributed by atoms with Crippen molar-refractivity contribution in [3.05, 3.63) is 120 Å². The van der Waals surface area contributed by atoms with Crippen molar-refractivity contribution in [1.82, 2.24) is 10.2 Å². The van der Waals surface area contributed by atoms with Gasteiger partial charge in [0, 0.05) is 97.4 Å². The molecule has 430 valence electrons. The van der Waals surface area contributed by atoms with E-state index in [-0.39, 0.29) is 78.5 Å². The van der Waals surface area contributed by atoms with Gasteiger partial charge in [-0.2, -0.15) is 4.58 Å². The fourth-order valence-corrected chi connectivity index (χ4v) is 13.8. The van der Waals surface area contributed by atoms with Crippen molar-refractivity contribution < 1.29 is 88.5 Å². The van der Waals surface area contributed by atoms with Gasteiger partial charge < -0.3 is 37.7 Å². The van der Waals surface area contributed by atoms with Crippen LogP contribution in [0.2, 0.25) is 0 Å². The van der Waals surface area contributed by atoms with Gasteiger partial charge in [0.25, 0.3) is 11.8 Å². The maximum absolute atomic E-state index is 12.6. The second-order valence-electron chi connectivity index (χ2n) is 19.8. The quantitative estimate of drug-likeness (QED) is 0.0342. The average molecular weight is 1200 g/mol. The van der Waals surface area contributed by atoms with E-state index in [0.29, 0.717) is 66.3 Å². The van der Waals surface area contributed by atoms with Crippen LogP contribution >= 0.6 is 0 Å². The number of amides is 3. The van der Waals surface area contributed by atoms with E-state index >= 15 is 0 Å². The number of hydrogen-bond donors (Lipinski definition) is 1. The van der Waals surface area contributed by atoms with E-state index in [1.165, 1.54) is 25.3 Å². The maximum atomic E-state index is 12.6. The third-order valence-corrected chi connectivity index (χ3v) is 18.3. The molecule has 28 heteroatoms. The summed E-state index contributed by atoms with van der Waals surface area (Å²) >= 11 is 0. The predicted molar refractivity (Wildman–Crippen MR) is 286 cm³/mol. The SMILES string of the molecule is COCCN1/C(=C/C=C/C=C/C=C/C2=[N+](CCCCCC(=O)NCCN3C(=O)C=CC3=O)c3ccc4c(S(=O)(=O)[O-])cc(S(=O)(=O)[O-])cc4c3C2(C)C)C(C)(CCCS(=O)(=O)[O-])c2c1ccc1c(S(=O)(=O)[O-])cc(S(=O)(=O)[O-])cc21. The predicted octanol–water partition coefficient (Wildman–Crippen LogP) is 3.89. The number of rotatable bonds is 24. The summed E-state index contributed by atoms with van der Waals surface area (Å²) in [7, 11) is -24.6. The van der Waals surface area contributed by atoms with Crippen molar-refractivity contribution in [3.8, 4) is 0 Å². The minimum absolute atomic E-state index is 0.00811. The Morgan fingerprint density at radius 1 is 0.650 bits per heavy atom. The van der Waals surface area contributed by atoms with E-state index in [9.17, 15) is 79.2 Å². The zero-order valence-electron chi connectivity index (χ0n) is 43.4. The lowest BCUT2D eigenvalue weighted by Gasteiger charge is -2.31. The summed E-state index contributed by atoms with van der Waals surface area (Å²) < 4.78 is 192. The van der Waals surface area contributed by atoms with E-state index in [1.807, 2.05) is 4.58 Å². The smallest absolute Gasteiger partial charge is 0.253 e. The molecule has 1 unspecified atom stereocenters. The Hall–Kier alpha value is -6.31. The van der Waals surface area contributed by atoms with Crippen LogP contribution in [0.3, 0.4) is 0 Å². The van der Waals surface area contributed by atoms with Crippen LogP contribution in [0.1, 0.15) is 70.4 Å². The molecule has 0 bridgehead atoms. The van der Waals surface area contributed by atoms with E-state index in [1.54, 1.807) is 74.3 Å². The number of nitrogens with zero attached hydrogens (tertiary/aromatic N) is 3. The molecule has 4 aromatic carbocycles. The minimum Gasteiger partial charge on any atom is -0.748 e. The molecule has 3 aliphatic heterocycles. The lowest BCUT2D eigenvalue weighted by Crippen LogP contribution is -2.38. The van der Waals surface area contributed by atoms with Crippen molar-refractivity contribution in [2.45, 2.75) is 89.7 Å². The summed E-state index contributed by atoms with van der Waals surface area (Å²) in [4.78, 5) is 35.3. The van der Waals surface area contributed by atoms with E-state index < -0.39 is 98.6 Å². The zero-order valence-corrected chi connectivity index (χ0v) is 47.5. The van der Waals surface area contributed by atoms with Gasteiger partial charge in [-0.1, -0.05) is 36.4 Å². The number of hydrogen-bond acceptors (Lipinski definition) is 20. The topological polar surface area (TPSA) is 368 Å². The zero-order chi connectivity index (χ0) is 59.0. The van der Waals surface area contributed by atoms with Crippen LogP contribution < -0.4 is 10.2 Å². The van der Waals surface area contributed by atoms with E-state index in [4.69, 9.17) is 4.74 Å². The first-order chi connectivity index (χ1) is 37.2. The Morgan fingerprint density at radius 2 is 1.21 bits per heavy atom. The minimum atomic E-state index is -5.38. The molecule has 23 nitrogen and oxygen atoms in total. The first kappa shape index (κ1) is 61.3. The highest BCUT2D eigenvalue weighted by Crippen LogP contribution is 2.54. The molecule has 4 aromatic rings. The number of nitrogens with one attached hydrogen (secondary N) is 1. The van der Waals surface area contributed by atoms with Crippen LogP contribution in [0.4, 0.5) is 11.4 Å². The summed E-state index contributed by atoms with van der Waals surface area (Å²) in [5.41, 5.74) is 0.262. The number of benzene rings is 4. The van der Waals surface area contributed by atoms with Crippen molar-refractivity contribution in [3.63, 3.8) is 0 Å². The normalized spacial score (nSPS) is 18.4. The highest BCUT2D eigenvalue weighted by molar-refractivity contribution is 7.87. The number of unbranched alkanes of at least 4 members (excludes halogenated alkanes) is 2. The Kier molecular flexibility index (Phi) is 17.8. The number of allylic oxidation sites excluding steroid dienone is 8. The fourth-order valence-electron chi connectivity index (χ4n) is 10.6. The van der Waals surface area contributed by atoms with Crippen molar-refractivity contribution >= 4 is 107 Å². The van der Waals surface area contributed by atoms with Gasteiger partial charge in [0.05, 0.1) is 41.7 Å². The highest BCUT2D eigenvalue weighted by Gasteiger charge is 2.47. The lowest BCUT2D eigenvalue weighted by atomic mass is 9.75. The Balaban J connectivity index is 1.23. The number of ether oxygens (including phenoxy) is 1. The van der Waals surface area contributed by atoms with Crippen LogP contribution in [0, 0.1) is 0 Å². The molecule has 0 aliphatic carbocycles. The number of imide groups is 1. The van der Waals surface area contributed by atoms with Crippen LogP contribution in [0.5, 0.6) is 0 Å². The molecule has 0 radical (unpaired) electrons.